The number of aromatic nitrogens is 2. The minimum Gasteiger partial charge on any atom is -0.496 e. The Bertz CT molecular complexity index is 908. The number of methoxy groups -OCH3 is 1. The van der Waals surface area contributed by atoms with Crippen LogP contribution >= 0.6 is 23.1 Å². The predicted octanol–water partition coefficient (Wildman–Crippen LogP) is 4.47. The Morgan fingerprint density at radius 1 is 1.26 bits per heavy atom. The fourth-order valence-corrected chi connectivity index (χ4v) is 5.51. The van der Waals surface area contributed by atoms with Gasteiger partial charge in [0.1, 0.15) is 11.4 Å². The summed E-state index contributed by atoms with van der Waals surface area (Å²) >= 11 is 3.74. The van der Waals surface area contributed by atoms with Gasteiger partial charge in [0.15, 0.2) is 0 Å². The van der Waals surface area contributed by atoms with Gasteiger partial charge in [-0.25, -0.2) is 0 Å². The molecule has 0 unspecified atom stereocenters. The van der Waals surface area contributed by atoms with Crippen LogP contribution in [-0.4, -0.2) is 47.0 Å². The van der Waals surface area contributed by atoms with Crippen molar-refractivity contribution < 1.29 is 9.53 Å². The minimum atomic E-state index is 0.0103. The number of benzene rings is 1. The zero-order valence-corrected chi connectivity index (χ0v) is 16.7. The number of H-pyrrole nitrogens is 1. The Morgan fingerprint density at radius 3 is 2.96 bits per heavy atom. The van der Waals surface area contributed by atoms with Crippen molar-refractivity contribution >= 4 is 29.0 Å². The van der Waals surface area contributed by atoms with E-state index in [1.54, 1.807) is 18.4 Å². The summed E-state index contributed by atoms with van der Waals surface area (Å²) in [5.41, 5.74) is 2.12. The topological polar surface area (TPSA) is 58.2 Å². The van der Waals surface area contributed by atoms with E-state index in [0.29, 0.717) is 10.9 Å². The minimum absolute atomic E-state index is 0.0103. The van der Waals surface area contributed by atoms with Gasteiger partial charge in [0, 0.05) is 34.5 Å². The molecule has 5 nitrogen and oxygen atoms in total. The number of rotatable bonds is 4. The lowest BCUT2D eigenvalue weighted by Gasteiger charge is -2.19. The van der Waals surface area contributed by atoms with E-state index in [2.05, 4.69) is 27.7 Å². The van der Waals surface area contributed by atoms with E-state index in [1.807, 2.05) is 47.0 Å². The van der Waals surface area contributed by atoms with Gasteiger partial charge in [0.05, 0.1) is 12.8 Å². The first-order valence-corrected chi connectivity index (χ1v) is 10.8. The summed E-state index contributed by atoms with van der Waals surface area (Å²) in [4.78, 5) is 16.3. The maximum Gasteiger partial charge on any atom is 0.271 e. The molecule has 7 heteroatoms. The van der Waals surface area contributed by atoms with Crippen molar-refractivity contribution in [2.24, 2.45) is 0 Å². The summed E-state index contributed by atoms with van der Waals surface area (Å²) in [5.74, 6) is 1.70. The van der Waals surface area contributed by atoms with Gasteiger partial charge in [-0.3, -0.25) is 9.89 Å². The van der Waals surface area contributed by atoms with Crippen LogP contribution in [-0.2, 0) is 0 Å². The van der Waals surface area contributed by atoms with Crippen LogP contribution in [0, 0.1) is 0 Å². The Morgan fingerprint density at radius 2 is 2.15 bits per heavy atom. The molecule has 1 aliphatic heterocycles. The summed E-state index contributed by atoms with van der Waals surface area (Å²) in [7, 11) is 1.64. The largest absolute Gasteiger partial charge is 0.496 e. The number of thiophene rings is 1. The van der Waals surface area contributed by atoms with Gasteiger partial charge in [-0.05, 0) is 36.1 Å². The van der Waals surface area contributed by atoms with Crippen LogP contribution in [0.2, 0.25) is 0 Å². The van der Waals surface area contributed by atoms with E-state index < -0.39 is 0 Å². The number of aromatic amines is 1. The number of hydrogen-bond donors (Lipinski definition) is 1. The first-order valence-electron chi connectivity index (χ1n) is 8.89. The van der Waals surface area contributed by atoms with E-state index in [4.69, 9.17) is 4.74 Å². The molecule has 1 aromatic carbocycles. The molecule has 0 bridgehead atoms. The van der Waals surface area contributed by atoms with Gasteiger partial charge in [0.25, 0.3) is 5.91 Å². The van der Waals surface area contributed by atoms with E-state index in [9.17, 15) is 4.79 Å². The highest BCUT2D eigenvalue weighted by atomic mass is 32.2. The Balaban J connectivity index is 1.48. The Kier molecular flexibility index (Phi) is 5.50. The number of para-hydroxylation sites is 1. The van der Waals surface area contributed by atoms with Gasteiger partial charge in [-0.15, -0.1) is 11.3 Å². The lowest BCUT2D eigenvalue weighted by molar-refractivity contribution is 0.0760. The van der Waals surface area contributed by atoms with Gasteiger partial charge >= 0.3 is 0 Å². The molecule has 3 heterocycles. The molecule has 1 aliphatic rings. The normalized spacial score (nSPS) is 17.5. The number of carbonyl (C=O) groups excluding carboxylic acids is 1. The monoisotopic (exact) mass is 399 g/mol. The highest BCUT2D eigenvalue weighted by Gasteiger charge is 2.24. The molecule has 0 radical (unpaired) electrons. The second-order valence-corrected chi connectivity index (χ2v) is 8.61. The quantitative estimate of drug-likeness (QED) is 0.703. The van der Waals surface area contributed by atoms with Crippen LogP contribution in [0.1, 0.15) is 27.0 Å². The average molecular weight is 400 g/mol. The SMILES string of the molecule is COc1ccccc1-c1cc(C(=O)N2CCS[C@@H](c3cccs3)CC2)[nH]n1. The number of nitrogens with one attached hydrogen (secondary N) is 1. The number of ether oxygens (including phenoxy) is 1. The second kappa shape index (κ2) is 8.19. The van der Waals surface area contributed by atoms with E-state index in [-0.39, 0.29) is 5.91 Å². The van der Waals surface area contributed by atoms with Crippen molar-refractivity contribution in [3.8, 4) is 17.0 Å². The number of hydrogen-bond acceptors (Lipinski definition) is 5. The standard InChI is InChI=1S/C20H21N3O2S2/c1-25-17-6-3-2-5-14(17)15-13-16(22-21-15)20(24)23-9-8-19(27-12-10-23)18-7-4-11-26-18/h2-7,11,13,19H,8-10,12H2,1H3,(H,21,22)/t19-/m1/s1. The number of nitrogens with zero attached hydrogens (tertiary/aromatic N) is 2. The number of carbonyl (C=O) groups is 1. The van der Waals surface area contributed by atoms with Crippen LogP contribution in [0.3, 0.4) is 0 Å². The summed E-state index contributed by atoms with van der Waals surface area (Å²) in [6, 6.07) is 13.8. The molecule has 1 amide bonds. The van der Waals surface area contributed by atoms with Crippen LogP contribution in [0.25, 0.3) is 11.3 Å². The van der Waals surface area contributed by atoms with E-state index >= 15 is 0 Å². The van der Waals surface area contributed by atoms with Gasteiger partial charge in [-0.1, -0.05) is 18.2 Å². The smallest absolute Gasteiger partial charge is 0.271 e. The molecule has 1 saturated heterocycles. The molecular formula is C20H21N3O2S2. The molecule has 1 N–H and O–H groups in total. The molecule has 4 rings (SSSR count). The highest BCUT2D eigenvalue weighted by Crippen LogP contribution is 2.37. The fraction of sp³-hybridized carbons (Fsp3) is 0.300. The Hall–Kier alpha value is -2.25. The molecule has 2 aromatic heterocycles. The molecule has 0 saturated carbocycles. The van der Waals surface area contributed by atoms with Crippen LogP contribution in [0.4, 0.5) is 0 Å². The van der Waals surface area contributed by atoms with Crippen molar-refractivity contribution in [3.63, 3.8) is 0 Å². The van der Waals surface area contributed by atoms with Crippen molar-refractivity contribution in [2.75, 3.05) is 26.0 Å². The van der Waals surface area contributed by atoms with Crippen molar-refractivity contribution in [1.82, 2.24) is 15.1 Å². The van der Waals surface area contributed by atoms with Crippen molar-refractivity contribution in [3.05, 3.63) is 58.4 Å². The maximum atomic E-state index is 13.0. The van der Waals surface area contributed by atoms with Crippen LogP contribution in [0.5, 0.6) is 5.75 Å². The molecule has 3 aromatic rings. The third kappa shape index (κ3) is 3.89. The Labute approximate surface area is 166 Å². The molecular weight excluding hydrogens is 378 g/mol. The molecule has 1 fully saturated rings. The zero-order valence-electron chi connectivity index (χ0n) is 15.1. The summed E-state index contributed by atoms with van der Waals surface area (Å²) in [5, 5.41) is 9.84. The third-order valence-electron chi connectivity index (χ3n) is 4.68. The third-order valence-corrected chi connectivity index (χ3v) is 7.13. The first kappa shape index (κ1) is 18.1. The summed E-state index contributed by atoms with van der Waals surface area (Å²) in [6.45, 7) is 1.52. The molecule has 140 valence electrons. The molecule has 1 atom stereocenters. The van der Waals surface area contributed by atoms with E-state index in [0.717, 1.165) is 42.3 Å². The predicted molar refractivity (Wildman–Crippen MR) is 111 cm³/mol. The zero-order chi connectivity index (χ0) is 18.6. The van der Waals surface area contributed by atoms with Crippen LogP contribution < -0.4 is 4.74 Å². The average Bonchev–Trinajstić information content (AvgIpc) is 3.36. The van der Waals surface area contributed by atoms with Gasteiger partial charge in [-0.2, -0.15) is 16.9 Å². The van der Waals surface area contributed by atoms with Gasteiger partial charge in [0.2, 0.25) is 0 Å². The first-order chi connectivity index (χ1) is 13.3. The van der Waals surface area contributed by atoms with Crippen LogP contribution in [0.15, 0.2) is 47.8 Å². The molecule has 0 spiro atoms. The fourth-order valence-electron chi connectivity index (χ4n) is 3.27. The molecule has 27 heavy (non-hydrogen) atoms. The number of amides is 1. The van der Waals surface area contributed by atoms with Crippen molar-refractivity contribution in [2.45, 2.75) is 11.7 Å². The maximum absolute atomic E-state index is 13.0. The summed E-state index contributed by atoms with van der Waals surface area (Å²) in [6.07, 6.45) is 0.977. The van der Waals surface area contributed by atoms with Crippen molar-refractivity contribution in [1.29, 1.82) is 0 Å². The van der Waals surface area contributed by atoms with Gasteiger partial charge < -0.3 is 9.64 Å². The lowest BCUT2D eigenvalue weighted by Crippen LogP contribution is -2.33. The highest BCUT2D eigenvalue weighted by molar-refractivity contribution is 7.99. The number of thioether (sulfide) groups is 1. The lowest BCUT2D eigenvalue weighted by atomic mass is 10.1. The second-order valence-electron chi connectivity index (χ2n) is 6.32. The van der Waals surface area contributed by atoms with E-state index in [1.165, 1.54) is 4.88 Å². The molecule has 0 aliphatic carbocycles. The summed E-state index contributed by atoms with van der Waals surface area (Å²) < 4.78 is 5.40.